The molecule has 2 amide bonds. The van der Waals surface area contributed by atoms with Crippen molar-refractivity contribution in [2.75, 3.05) is 18.5 Å². The average Bonchev–Trinajstić information content (AvgIpc) is 2.77. The first kappa shape index (κ1) is 25.6. The van der Waals surface area contributed by atoms with Gasteiger partial charge in [-0.3, -0.25) is 19.7 Å². The molecule has 0 aliphatic heterocycles. The van der Waals surface area contributed by atoms with E-state index in [2.05, 4.69) is 10.6 Å². The smallest absolute Gasteiger partial charge is 0.329 e. The standard InChI is InChI=1S/C22H24ClN3O7/c1-4-32-16-8-5-14(6-9-16)21(28)25-20(13(2)3)22(29)33-12-19(27)24-18-10-7-15(26(30)31)11-17(18)23/h5-11,13,20H,4,12H2,1-3H3,(H,24,27)(H,25,28)/t20-/m0/s1. The van der Waals surface area contributed by atoms with Gasteiger partial charge >= 0.3 is 5.97 Å². The van der Waals surface area contributed by atoms with E-state index >= 15 is 0 Å². The zero-order valence-corrected chi connectivity index (χ0v) is 19.0. The van der Waals surface area contributed by atoms with Crippen LogP contribution < -0.4 is 15.4 Å². The van der Waals surface area contributed by atoms with Crippen LogP contribution in [0.5, 0.6) is 5.75 Å². The Morgan fingerprint density at radius 3 is 2.33 bits per heavy atom. The van der Waals surface area contributed by atoms with Crippen molar-refractivity contribution in [3.8, 4) is 5.75 Å². The SMILES string of the molecule is CCOc1ccc(C(=O)N[C@H](C(=O)OCC(=O)Nc2ccc([N+](=O)[O-])cc2Cl)C(C)C)cc1. The van der Waals surface area contributed by atoms with Crippen LogP contribution >= 0.6 is 11.6 Å². The molecular weight excluding hydrogens is 454 g/mol. The quantitative estimate of drug-likeness (QED) is 0.303. The number of nitrogens with one attached hydrogen (secondary N) is 2. The summed E-state index contributed by atoms with van der Waals surface area (Å²) in [7, 11) is 0. The summed E-state index contributed by atoms with van der Waals surface area (Å²) < 4.78 is 10.4. The normalized spacial score (nSPS) is 11.4. The molecule has 33 heavy (non-hydrogen) atoms. The summed E-state index contributed by atoms with van der Waals surface area (Å²) in [5.41, 5.74) is 0.238. The number of esters is 1. The van der Waals surface area contributed by atoms with E-state index in [-0.39, 0.29) is 22.3 Å². The van der Waals surface area contributed by atoms with Crippen LogP contribution in [0.4, 0.5) is 11.4 Å². The van der Waals surface area contributed by atoms with Gasteiger partial charge in [0.1, 0.15) is 11.8 Å². The molecule has 0 spiro atoms. The molecule has 0 saturated heterocycles. The van der Waals surface area contributed by atoms with Gasteiger partial charge in [0.15, 0.2) is 6.61 Å². The van der Waals surface area contributed by atoms with Crippen LogP contribution in [0, 0.1) is 16.0 Å². The molecule has 176 valence electrons. The van der Waals surface area contributed by atoms with Gasteiger partial charge in [0.2, 0.25) is 0 Å². The summed E-state index contributed by atoms with van der Waals surface area (Å²) in [6.07, 6.45) is 0. The fraction of sp³-hybridized carbons (Fsp3) is 0.318. The van der Waals surface area contributed by atoms with Crippen molar-refractivity contribution in [3.05, 3.63) is 63.2 Å². The number of nitro groups is 1. The minimum atomic E-state index is -0.986. The Bertz CT molecular complexity index is 1030. The highest BCUT2D eigenvalue weighted by Gasteiger charge is 2.27. The zero-order valence-electron chi connectivity index (χ0n) is 18.3. The van der Waals surface area contributed by atoms with Crippen LogP contribution in [0.2, 0.25) is 5.02 Å². The number of benzene rings is 2. The molecule has 0 aliphatic rings. The third-order valence-electron chi connectivity index (χ3n) is 4.42. The molecular formula is C22H24ClN3O7. The molecule has 10 nitrogen and oxygen atoms in total. The average molecular weight is 478 g/mol. The largest absolute Gasteiger partial charge is 0.494 e. The molecule has 0 heterocycles. The number of hydrogen-bond acceptors (Lipinski definition) is 7. The molecule has 0 aliphatic carbocycles. The molecule has 0 radical (unpaired) electrons. The van der Waals surface area contributed by atoms with Crippen molar-refractivity contribution in [2.45, 2.75) is 26.8 Å². The van der Waals surface area contributed by atoms with Gasteiger partial charge in [0.25, 0.3) is 17.5 Å². The Hall–Kier alpha value is -3.66. The molecule has 0 saturated carbocycles. The highest BCUT2D eigenvalue weighted by atomic mass is 35.5. The lowest BCUT2D eigenvalue weighted by molar-refractivity contribution is -0.384. The summed E-state index contributed by atoms with van der Waals surface area (Å²) in [5.74, 6) is -1.64. The lowest BCUT2D eigenvalue weighted by Gasteiger charge is -2.21. The summed E-state index contributed by atoms with van der Waals surface area (Å²) in [5, 5.41) is 15.7. The summed E-state index contributed by atoms with van der Waals surface area (Å²) in [6, 6.07) is 9.00. The Morgan fingerprint density at radius 1 is 1.12 bits per heavy atom. The topological polar surface area (TPSA) is 137 Å². The number of carbonyl (C=O) groups is 3. The van der Waals surface area contributed by atoms with Crippen LogP contribution in [-0.2, 0) is 14.3 Å². The molecule has 0 fully saturated rings. The first-order valence-corrected chi connectivity index (χ1v) is 10.4. The fourth-order valence-corrected chi connectivity index (χ4v) is 2.95. The van der Waals surface area contributed by atoms with Crippen molar-refractivity contribution in [2.24, 2.45) is 5.92 Å². The molecule has 0 bridgehead atoms. The molecule has 2 aromatic carbocycles. The number of anilines is 1. The predicted molar refractivity (Wildman–Crippen MR) is 121 cm³/mol. The van der Waals surface area contributed by atoms with Crippen LogP contribution in [0.3, 0.4) is 0 Å². The highest BCUT2D eigenvalue weighted by molar-refractivity contribution is 6.34. The Morgan fingerprint density at radius 2 is 1.79 bits per heavy atom. The molecule has 0 aromatic heterocycles. The minimum absolute atomic E-state index is 0.0356. The Labute approximate surface area is 195 Å². The van der Waals surface area contributed by atoms with Crippen molar-refractivity contribution >= 4 is 40.8 Å². The van der Waals surface area contributed by atoms with E-state index < -0.39 is 35.4 Å². The number of nitrogens with zero attached hydrogens (tertiary/aromatic N) is 1. The lowest BCUT2D eigenvalue weighted by Crippen LogP contribution is -2.45. The lowest BCUT2D eigenvalue weighted by atomic mass is 10.0. The maximum atomic E-state index is 12.5. The molecule has 11 heteroatoms. The van der Waals surface area contributed by atoms with Gasteiger partial charge in [-0.15, -0.1) is 0 Å². The predicted octanol–water partition coefficient (Wildman–Crippen LogP) is 3.58. The van der Waals surface area contributed by atoms with Crippen LogP contribution in [0.25, 0.3) is 0 Å². The first-order valence-electron chi connectivity index (χ1n) is 10.1. The van der Waals surface area contributed by atoms with E-state index in [9.17, 15) is 24.5 Å². The number of nitro benzene ring substituents is 1. The van der Waals surface area contributed by atoms with E-state index in [1.54, 1.807) is 38.1 Å². The maximum Gasteiger partial charge on any atom is 0.329 e. The van der Waals surface area contributed by atoms with Crippen molar-refractivity contribution in [1.82, 2.24) is 5.32 Å². The van der Waals surface area contributed by atoms with Crippen molar-refractivity contribution in [1.29, 1.82) is 0 Å². The third kappa shape index (κ3) is 7.46. The van der Waals surface area contributed by atoms with Gasteiger partial charge < -0.3 is 20.1 Å². The van der Waals surface area contributed by atoms with Crippen LogP contribution in [-0.4, -0.2) is 42.0 Å². The molecule has 2 aromatic rings. The number of ether oxygens (including phenoxy) is 2. The highest BCUT2D eigenvalue weighted by Crippen LogP contribution is 2.26. The minimum Gasteiger partial charge on any atom is -0.494 e. The maximum absolute atomic E-state index is 12.5. The first-order chi connectivity index (χ1) is 15.6. The number of rotatable bonds is 10. The van der Waals surface area contributed by atoms with Crippen molar-refractivity contribution in [3.63, 3.8) is 0 Å². The number of amides is 2. The number of non-ortho nitro benzene ring substituents is 1. The second kappa shape index (κ2) is 11.8. The van der Waals surface area contributed by atoms with Crippen LogP contribution in [0.1, 0.15) is 31.1 Å². The Kier molecular flexibility index (Phi) is 9.17. The van der Waals surface area contributed by atoms with E-state index in [0.717, 1.165) is 6.07 Å². The number of hydrogen-bond donors (Lipinski definition) is 2. The van der Waals surface area contributed by atoms with Gasteiger partial charge in [0.05, 0.1) is 22.2 Å². The second-order valence-electron chi connectivity index (χ2n) is 7.23. The molecule has 0 unspecified atom stereocenters. The molecule has 2 N–H and O–H groups in total. The summed E-state index contributed by atoms with van der Waals surface area (Å²) in [6.45, 7) is 5.16. The summed E-state index contributed by atoms with van der Waals surface area (Å²) in [4.78, 5) is 47.3. The summed E-state index contributed by atoms with van der Waals surface area (Å²) >= 11 is 5.93. The van der Waals surface area contributed by atoms with Gasteiger partial charge in [-0.2, -0.15) is 0 Å². The third-order valence-corrected chi connectivity index (χ3v) is 4.73. The van der Waals surface area contributed by atoms with Crippen LogP contribution in [0.15, 0.2) is 42.5 Å². The van der Waals surface area contributed by atoms with E-state index in [1.807, 2.05) is 6.92 Å². The van der Waals surface area contributed by atoms with Gasteiger partial charge in [-0.1, -0.05) is 25.4 Å². The van der Waals surface area contributed by atoms with Gasteiger partial charge in [-0.25, -0.2) is 4.79 Å². The fourth-order valence-electron chi connectivity index (χ4n) is 2.72. The zero-order chi connectivity index (χ0) is 24.5. The van der Waals surface area contributed by atoms with E-state index in [1.165, 1.54) is 12.1 Å². The monoisotopic (exact) mass is 477 g/mol. The van der Waals surface area contributed by atoms with E-state index in [4.69, 9.17) is 21.1 Å². The van der Waals surface area contributed by atoms with Crippen molar-refractivity contribution < 1.29 is 28.8 Å². The molecule has 1 atom stereocenters. The number of halogens is 1. The second-order valence-corrected chi connectivity index (χ2v) is 7.64. The number of carbonyl (C=O) groups excluding carboxylic acids is 3. The van der Waals surface area contributed by atoms with Gasteiger partial charge in [0, 0.05) is 17.7 Å². The molecule has 2 rings (SSSR count). The Balaban J connectivity index is 1.94. The van der Waals surface area contributed by atoms with E-state index in [0.29, 0.717) is 17.9 Å². The van der Waals surface area contributed by atoms with Gasteiger partial charge in [-0.05, 0) is 43.2 Å².